The molecule has 2 N–H and O–H groups in total. The molecule has 0 radical (unpaired) electrons. The smallest absolute Gasteiger partial charge is 0.316 e. The van der Waals surface area contributed by atoms with Crippen molar-refractivity contribution in [3.63, 3.8) is 0 Å². The molecule has 1 aromatic heterocycles. The summed E-state index contributed by atoms with van der Waals surface area (Å²) in [5, 5.41) is 5.59. The fourth-order valence-corrected chi connectivity index (χ4v) is 2.68. The number of carbonyl (C=O) groups is 1. The maximum atomic E-state index is 12.1. The zero-order valence-electron chi connectivity index (χ0n) is 13.4. The average Bonchev–Trinajstić information content (AvgIpc) is 2.95. The molecular formula is C19H18N4O. The number of amides is 2. The second-order valence-corrected chi connectivity index (χ2v) is 5.39. The van der Waals surface area contributed by atoms with Gasteiger partial charge in [-0.05, 0) is 17.7 Å². The molecule has 0 bridgehead atoms. The van der Waals surface area contributed by atoms with Crippen molar-refractivity contribution >= 4 is 17.1 Å². The quantitative estimate of drug-likeness (QED) is 0.727. The molecule has 1 heterocycles. The highest BCUT2D eigenvalue weighted by Crippen LogP contribution is 2.24. The summed E-state index contributed by atoms with van der Waals surface area (Å²) < 4.78 is 1.99. The van der Waals surface area contributed by atoms with Gasteiger partial charge in [0, 0.05) is 7.05 Å². The van der Waals surface area contributed by atoms with Gasteiger partial charge >= 0.3 is 6.03 Å². The van der Waals surface area contributed by atoms with Gasteiger partial charge in [0.2, 0.25) is 0 Å². The third-order valence-corrected chi connectivity index (χ3v) is 3.84. The number of urea groups is 1. The summed E-state index contributed by atoms with van der Waals surface area (Å²) >= 11 is 0. The molecule has 5 nitrogen and oxygen atoms in total. The molecule has 0 fully saturated rings. The summed E-state index contributed by atoms with van der Waals surface area (Å²) in [4.78, 5) is 16.8. The first-order valence-corrected chi connectivity index (χ1v) is 7.65. The summed E-state index contributed by atoms with van der Waals surface area (Å²) in [7, 11) is 1.95. The van der Waals surface area contributed by atoms with Gasteiger partial charge in [0.1, 0.15) is 11.9 Å². The van der Waals surface area contributed by atoms with E-state index in [-0.39, 0.29) is 18.6 Å². The Bertz CT molecular complexity index is 893. The largest absolute Gasteiger partial charge is 0.329 e. The lowest BCUT2D eigenvalue weighted by molar-refractivity contribution is 0.239. The summed E-state index contributed by atoms with van der Waals surface area (Å²) in [6, 6.07) is 16.9. The molecule has 2 amide bonds. The third-order valence-electron chi connectivity index (χ3n) is 3.84. The number of para-hydroxylation sites is 2. The second kappa shape index (κ2) is 6.88. The number of nitrogens with one attached hydrogen (secondary N) is 2. The lowest BCUT2D eigenvalue weighted by Gasteiger charge is -2.19. The predicted octanol–water partition coefficient (Wildman–Crippen LogP) is 2.60. The number of aromatic nitrogens is 2. The lowest BCUT2D eigenvalue weighted by Crippen LogP contribution is -2.39. The van der Waals surface area contributed by atoms with Crippen LogP contribution in [-0.2, 0) is 7.05 Å². The molecule has 0 aliphatic heterocycles. The van der Waals surface area contributed by atoms with Crippen molar-refractivity contribution in [3.05, 3.63) is 66.0 Å². The summed E-state index contributed by atoms with van der Waals surface area (Å²) in [6.07, 6.45) is 5.20. The topological polar surface area (TPSA) is 59.0 Å². The van der Waals surface area contributed by atoms with Crippen LogP contribution in [-0.4, -0.2) is 22.1 Å². The number of fused-ring (bicyclic) bond motifs is 1. The van der Waals surface area contributed by atoms with Crippen LogP contribution in [0.15, 0.2) is 54.6 Å². The monoisotopic (exact) mass is 318 g/mol. The molecule has 0 unspecified atom stereocenters. The van der Waals surface area contributed by atoms with Crippen LogP contribution in [0.2, 0.25) is 0 Å². The van der Waals surface area contributed by atoms with E-state index >= 15 is 0 Å². The number of terminal acetylenes is 1. The van der Waals surface area contributed by atoms with Crippen LogP contribution in [0.25, 0.3) is 11.0 Å². The number of nitrogens with zero attached hydrogens (tertiary/aromatic N) is 2. The van der Waals surface area contributed by atoms with Gasteiger partial charge in [-0.15, -0.1) is 6.42 Å². The Morgan fingerprint density at radius 2 is 1.92 bits per heavy atom. The first-order chi connectivity index (χ1) is 11.7. The highest BCUT2D eigenvalue weighted by atomic mass is 16.2. The first-order valence-electron chi connectivity index (χ1n) is 7.65. The Balaban J connectivity index is 2.02. The predicted molar refractivity (Wildman–Crippen MR) is 94.4 cm³/mol. The standard InChI is InChI=1S/C19H18N4O/c1-3-13-20-19(24)22-17(14-9-5-4-6-10-14)18-21-15-11-7-8-12-16(15)23(18)2/h1,4-12,17H,13H2,2H3,(H2,20,22,24)/t17-/m1/s1. The molecule has 0 aliphatic carbocycles. The van der Waals surface area contributed by atoms with Gasteiger partial charge in [0.25, 0.3) is 0 Å². The molecule has 120 valence electrons. The van der Waals surface area contributed by atoms with Crippen LogP contribution >= 0.6 is 0 Å². The number of hydrogen-bond donors (Lipinski definition) is 2. The van der Waals surface area contributed by atoms with Crippen molar-refractivity contribution in [2.45, 2.75) is 6.04 Å². The van der Waals surface area contributed by atoms with Gasteiger partial charge in [0.05, 0.1) is 17.6 Å². The van der Waals surface area contributed by atoms with Gasteiger partial charge in [-0.2, -0.15) is 0 Å². The molecule has 0 saturated heterocycles. The molecule has 3 aromatic rings. The highest BCUT2D eigenvalue weighted by Gasteiger charge is 2.22. The minimum absolute atomic E-state index is 0.176. The van der Waals surface area contributed by atoms with Gasteiger partial charge in [-0.25, -0.2) is 9.78 Å². The van der Waals surface area contributed by atoms with E-state index in [9.17, 15) is 4.79 Å². The van der Waals surface area contributed by atoms with Crippen LogP contribution in [0.4, 0.5) is 4.79 Å². The van der Waals surface area contributed by atoms with Gasteiger partial charge in [0.15, 0.2) is 0 Å². The van der Waals surface area contributed by atoms with Crippen LogP contribution < -0.4 is 10.6 Å². The van der Waals surface area contributed by atoms with E-state index in [1.165, 1.54) is 0 Å². The molecule has 1 atom stereocenters. The number of benzene rings is 2. The maximum absolute atomic E-state index is 12.1. The number of carbonyl (C=O) groups excluding carboxylic acids is 1. The minimum atomic E-state index is -0.374. The van der Waals surface area contributed by atoms with Crippen molar-refractivity contribution < 1.29 is 4.79 Å². The van der Waals surface area contributed by atoms with Gasteiger partial charge < -0.3 is 15.2 Å². The molecule has 5 heteroatoms. The Morgan fingerprint density at radius 1 is 1.21 bits per heavy atom. The number of imidazole rings is 1. The van der Waals surface area contributed by atoms with Crippen molar-refractivity contribution in [3.8, 4) is 12.3 Å². The van der Waals surface area contributed by atoms with E-state index in [1.54, 1.807) is 0 Å². The van der Waals surface area contributed by atoms with E-state index in [0.717, 1.165) is 22.4 Å². The zero-order valence-corrected chi connectivity index (χ0v) is 13.4. The Morgan fingerprint density at radius 3 is 2.62 bits per heavy atom. The van der Waals surface area contributed by atoms with Crippen molar-refractivity contribution in [1.29, 1.82) is 0 Å². The van der Waals surface area contributed by atoms with E-state index in [1.807, 2.05) is 66.2 Å². The molecule has 2 aromatic carbocycles. The molecule has 3 rings (SSSR count). The van der Waals surface area contributed by atoms with E-state index in [2.05, 4.69) is 16.6 Å². The Labute approximate surface area is 140 Å². The molecular weight excluding hydrogens is 300 g/mol. The average molecular weight is 318 g/mol. The van der Waals surface area contributed by atoms with Crippen LogP contribution in [0, 0.1) is 12.3 Å². The molecule has 0 saturated carbocycles. The fraction of sp³-hybridized carbons (Fsp3) is 0.158. The maximum Gasteiger partial charge on any atom is 0.316 e. The fourth-order valence-electron chi connectivity index (χ4n) is 2.68. The molecule has 0 spiro atoms. The second-order valence-electron chi connectivity index (χ2n) is 5.39. The third kappa shape index (κ3) is 3.08. The summed E-state index contributed by atoms with van der Waals surface area (Å²) in [6.45, 7) is 0.176. The first kappa shape index (κ1) is 15.6. The number of rotatable bonds is 4. The van der Waals surface area contributed by atoms with E-state index in [4.69, 9.17) is 11.4 Å². The Hall–Kier alpha value is -3.26. The number of hydrogen-bond acceptors (Lipinski definition) is 2. The van der Waals surface area contributed by atoms with Crippen molar-refractivity contribution in [1.82, 2.24) is 20.2 Å². The van der Waals surface area contributed by atoms with Crippen LogP contribution in [0.5, 0.6) is 0 Å². The van der Waals surface area contributed by atoms with Gasteiger partial charge in [-0.3, -0.25) is 0 Å². The van der Waals surface area contributed by atoms with Crippen molar-refractivity contribution in [2.24, 2.45) is 7.05 Å². The normalized spacial score (nSPS) is 11.7. The number of aryl methyl sites for hydroxylation is 1. The highest BCUT2D eigenvalue weighted by molar-refractivity contribution is 5.77. The van der Waals surface area contributed by atoms with E-state index in [0.29, 0.717) is 0 Å². The Kier molecular flexibility index (Phi) is 4.48. The lowest BCUT2D eigenvalue weighted by atomic mass is 10.1. The van der Waals surface area contributed by atoms with Crippen molar-refractivity contribution in [2.75, 3.05) is 6.54 Å². The molecule has 0 aliphatic rings. The zero-order chi connectivity index (χ0) is 16.9. The summed E-state index contributed by atoms with van der Waals surface area (Å²) in [5.74, 6) is 3.15. The summed E-state index contributed by atoms with van der Waals surface area (Å²) in [5.41, 5.74) is 2.85. The van der Waals surface area contributed by atoms with E-state index < -0.39 is 0 Å². The van der Waals surface area contributed by atoms with Crippen LogP contribution in [0.1, 0.15) is 17.4 Å². The SMILES string of the molecule is C#CCNC(=O)N[C@H](c1ccccc1)c1nc2ccccc2n1C. The van der Waals surface area contributed by atoms with Crippen LogP contribution in [0.3, 0.4) is 0 Å². The molecule has 24 heavy (non-hydrogen) atoms. The minimum Gasteiger partial charge on any atom is -0.329 e. The van der Waals surface area contributed by atoms with Gasteiger partial charge in [-0.1, -0.05) is 48.4 Å².